The fourth-order valence-electron chi connectivity index (χ4n) is 1.25. The Morgan fingerprint density at radius 2 is 1.73 bits per heavy atom. The molecule has 0 saturated heterocycles. The van der Waals surface area contributed by atoms with Crippen LogP contribution in [-0.2, 0) is 9.84 Å². The van der Waals surface area contributed by atoms with Gasteiger partial charge in [0.05, 0.1) is 11.0 Å². The van der Waals surface area contributed by atoms with Gasteiger partial charge in [-0.05, 0) is 26.8 Å². The van der Waals surface area contributed by atoms with Crippen LogP contribution in [0.1, 0.15) is 46.5 Å². The van der Waals surface area contributed by atoms with Crippen LogP contribution in [0.25, 0.3) is 0 Å². The second kappa shape index (κ2) is 8.11. The van der Waals surface area contributed by atoms with Gasteiger partial charge in [0.15, 0.2) is 9.84 Å². The summed E-state index contributed by atoms with van der Waals surface area (Å²) >= 11 is 0. The van der Waals surface area contributed by atoms with E-state index < -0.39 is 9.84 Å². The van der Waals surface area contributed by atoms with Crippen molar-refractivity contribution in [2.24, 2.45) is 0 Å². The fourth-order valence-corrected chi connectivity index (χ4v) is 2.15. The number of rotatable bonds is 9. The molecule has 15 heavy (non-hydrogen) atoms. The summed E-state index contributed by atoms with van der Waals surface area (Å²) in [5.41, 5.74) is 0. The summed E-state index contributed by atoms with van der Waals surface area (Å²) < 4.78 is 22.9. The first-order chi connectivity index (χ1) is 7.00. The average Bonchev–Trinajstić information content (AvgIpc) is 2.16. The van der Waals surface area contributed by atoms with E-state index in [2.05, 4.69) is 12.2 Å². The third-order valence-corrected chi connectivity index (χ3v) is 4.70. The highest BCUT2D eigenvalue weighted by Gasteiger charge is 2.14. The summed E-state index contributed by atoms with van der Waals surface area (Å²) in [7, 11) is -2.86. The van der Waals surface area contributed by atoms with Crippen LogP contribution < -0.4 is 5.32 Å². The van der Waals surface area contributed by atoms with E-state index in [1.807, 2.05) is 0 Å². The number of unbranched alkanes of at least 4 members (excludes halogenated alkanes) is 3. The smallest absolute Gasteiger partial charge is 0.153 e. The lowest BCUT2D eigenvalue weighted by Crippen LogP contribution is -2.27. The highest BCUT2D eigenvalue weighted by molar-refractivity contribution is 7.92. The van der Waals surface area contributed by atoms with Crippen molar-refractivity contribution in [3.8, 4) is 0 Å². The Kier molecular flexibility index (Phi) is 8.06. The topological polar surface area (TPSA) is 46.2 Å². The molecular weight excluding hydrogens is 210 g/mol. The van der Waals surface area contributed by atoms with Crippen LogP contribution in [0.5, 0.6) is 0 Å². The monoisotopic (exact) mass is 235 g/mol. The van der Waals surface area contributed by atoms with Gasteiger partial charge >= 0.3 is 0 Å². The molecule has 0 heterocycles. The minimum absolute atomic E-state index is 0.251. The summed E-state index contributed by atoms with van der Waals surface area (Å²) in [4.78, 5) is 0. The van der Waals surface area contributed by atoms with Gasteiger partial charge < -0.3 is 5.32 Å². The quantitative estimate of drug-likeness (QED) is 0.622. The van der Waals surface area contributed by atoms with Crippen molar-refractivity contribution in [3.05, 3.63) is 0 Å². The van der Waals surface area contributed by atoms with Gasteiger partial charge in [0, 0.05) is 6.54 Å². The molecule has 0 bridgehead atoms. The first-order valence-electron chi connectivity index (χ1n) is 5.93. The van der Waals surface area contributed by atoms with Gasteiger partial charge in [-0.3, -0.25) is 0 Å². The molecule has 0 spiro atoms. The molecule has 0 fully saturated rings. The molecule has 4 heteroatoms. The van der Waals surface area contributed by atoms with E-state index in [9.17, 15) is 8.42 Å². The van der Waals surface area contributed by atoms with Crippen LogP contribution in [0, 0.1) is 0 Å². The SMILES string of the molecule is CCCCCCNCCS(=O)(=O)C(C)C. The Morgan fingerprint density at radius 3 is 2.27 bits per heavy atom. The number of nitrogens with one attached hydrogen (secondary N) is 1. The Labute approximate surface area is 94.6 Å². The van der Waals surface area contributed by atoms with Crippen LogP contribution in [0.3, 0.4) is 0 Å². The van der Waals surface area contributed by atoms with E-state index >= 15 is 0 Å². The second-order valence-electron chi connectivity index (χ2n) is 4.23. The lowest BCUT2D eigenvalue weighted by molar-refractivity contribution is 0.576. The third kappa shape index (κ3) is 7.79. The Bertz CT molecular complexity index is 235. The van der Waals surface area contributed by atoms with Gasteiger partial charge in [-0.25, -0.2) is 8.42 Å². The molecule has 0 aliphatic heterocycles. The first kappa shape index (κ1) is 14.9. The van der Waals surface area contributed by atoms with E-state index in [0.29, 0.717) is 6.54 Å². The summed E-state index contributed by atoms with van der Waals surface area (Å²) in [5.74, 6) is 0.262. The van der Waals surface area contributed by atoms with Gasteiger partial charge in [-0.1, -0.05) is 26.2 Å². The van der Waals surface area contributed by atoms with Crippen molar-refractivity contribution in [3.63, 3.8) is 0 Å². The minimum atomic E-state index is -2.86. The molecule has 0 rings (SSSR count). The zero-order valence-electron chi connectivity index (χ0n) is 10.3. The molecule has 0 unspecified atom stereocenters. The molecular formula is C11H25NO2S. The Morgan fingerprint density at radius 1 is 1.07 bits per heavy atom. The molecule has 0 radical (unpaired) electrons. The van der Waals surface area contributed by atoms with Gasteiger partial charge in [0.2, 0.25) is 0 Å². The maximum atomic E-state index is 11.4. The second-order valence-corrected chi connectivity index (χ2v) is 6.90. The molecule has 0 aliphatic carbocycles. The van der Waals surface area contributed by atoms with Crippen LogP contribution in [0.2, 0.25) is 0 Å². The normalized spacial score (nSPS) is 12.3. The zero-order valence-corrected chi connectivity index (χ0v) is 11.1. The van der Waals surface area contributed by atoms with Crippen LogP contribution >= 0.6 is 0 Å². The molecule has 0 aromatic rings. The maximum Gasteiger partial charge on any atom is 0.153 e. The molecule has 3 nitrogen and oxygen atoms in total. The van der Waals surface area contributed by atoms with Crippen molar-refractivity contribution < 1.29 is 8.42 Å². The highest BCUT2D eigenvalue weighted by Crippen LogP contribution is 2.00. The molecule has 1 N–H and O–H groups in total. The lowest BCUT2D eigenvalue weighted by Gasteiger charge is -2.08. The first-order valence-corrected chi connectivity index (χ1v) is 7.64. The van der Waals surface area contributed by atoms with Crippen molar-refractivity contribution in [2.75, 3.05) is 18.8 Å². The molecule has 0 aliphatic rings. The van der Waals surface area contributed by atoms with Gasteiger partial charge in [0.1, 0.15) is 0 Å². The predicted octanol–water partition coefficient (Wildman–Crippen LogP) is 1.98. The summed E-state index contributed by atoms with van der Waals surface area (Å²) in [5, 5.41) is 2.93. The average molecular weight is 235 g/mol. The summed E-state index contributed by atoms with van der Waals surface area (Å²) in [6.07, 6.45) is 4.89. The van der Waals surface area contributed by atoms with E-state index in [4.69, 9.17) is 0 Å². The van der Waals surface area contributed by atoms with E-state index in [-0.39, 0.29) is 11.0 Å². The molecule has 0 aromatic heterocycles. The zero-order chi connectivity index (χ0) is 11.7. The number of sulfone groups is 1. The number of hydrogen-bond donors (Lipinski definition) is 1. The van der Waals surface area contributed by atoms with Crippen LogP contribution in [0.15, 0.2) is 0 Å². The van der Waals surface area contributed by atoms with Gasteiger partial charge in [-0.15, -0.1) is 0 Å². The van der Waals surface area contributed by atoms with Crippen LogP contribution in [-0.4, -0.2) is 32.5 Å². The van der Waals surface area contributed by atoms with Crippen LogP contribution in [0.4, 0.5) is 0 Å². The minimum Gasteiger partial charge on any atom is -0.316 e. The van der Waals surface area contributed by atoms with E-state index in [1.54, 1.807) is 13.8 Å². The standard InChI is InChI=1S/C11H25NO2S/c1-4-5-6-7-8-12-9-10-15(13,14)11(2)3/h11-12H,4-10H2,1-3H3. The van der Waals surface area contributed by atoms with E-state index in [1.165, 1.54) is 19.3 Å². The third-order valence-electron chi connectivity index (χ3n) is 2.49. The number of hydrogen-bond acceptors (Lipinski definition) is 3. The summed E-state index contributed by atoms with van der Waals surface area (Å²) in [6, 6.07) is 0. The highest BCUT2D eigenvalue weighted by atomic mass is 32.2. The van der Waals surface area contributed by atoms with Crippen molar-refractivity contribution >= 4 is 9.84 Å². The molecule has 0 amide bonds. The van der Waals surface area contributed by atoms with E-state index in [0.717, 1.165) is 13.0 Å². The van der Waals surface area contributed by atoms with Gasteiger partial charge in [-0.2, -0.15) is 0 Å². The maximum absolute atomic E-state index is 11.4. The van der Waals surface area contributed by atoms with Crippen molar-refractivity contribution in [1.29, 1.82) is 0 Å². The molecule has 92 valence electrons. The Balaban J connectivity index is 3.39. The fraction of sp³-hybridized carbons (Fsp3) is 1.00. The molecule has 0 aromatic carbocycles. The predicted molar refractivity (Wildman–Crippen MR) is 65.9 cm³/mol. The van der Waals surface area contributed by atoms with Crippen molar-refractivity contribution in [2.45, 2.75) is 51.7 Å². The lowest BCUT2D eigenvalue weighted by atomic mass is 10.2. The van der Waals surface area contributed by atoms with Gasteiger partial charge in [0.25, 0.3) is 0 Å². The summed E-state index contributed by atoms with van der Waals surface area (Å²) in [6.45, 7) is 7.18. The van der Waals surface area contributed by atoms with Crippen molar-refractivity contribution in [1.82, 2.24) is 5.32 Å². The molecule has 0 saturated carbocycles. The largest absolute Gasteiger partial charge is 0.316 e. The Hall–Kier alpha value is -0.0900. The molecule has 0 atom stereocenters.